The van der Waals surface area contributed by atoms with E-state index in [1.165, 1.54) is 19.4 Å². The molecule has 2 fully saturated rings. The van der Waals surface area contributed by atoms with Crippen LogP contribution < -0.4 is 5.32 Å². The average Bonchev–Trinajstić information content (AvgIpc) is 2.46. The van der Waals surface area contributed by atoms with Gasteiger partial charge in [0, 0.05) is 45.7 Å². The predicted octanol–water partition coefficient (Wildman–Crippen LogP) is 0.0819. The normalized spacial score (nSPS) is 22.4. The van der Waals surface area contributed by atoms with Crippen molar-refractivity contribution in [2.24, 2.45) is 5.92 Å². The van der Waals surface area contributed by atoms with Crippen LogP contribution in [0.5, 0.6) is 0 Å². The molecule has 2 saturated heterocycles. The average molecular weight is 282 g/mol. The smallest absolute Gasteiger partial charge is 0.223 e. The fourth-order valence-electron chi connectivity index (χ4n) is 3.24. The van der Waals surface area contributed by atoms with Gasteiger partial charge >= 0.3 is 0 Å². The Hall–Kier alpha value is -0.650. The number of piperidine rings is 1. The van der Waals surface area contributed by atoms with Crippen molar-refractivity contribution >= 4 is 5.91 Å². The maximum atomic E-state index is 12.1. The third-order valence-corrected chi connectivity index (χ3v) is 4.44. The van der Waals surface area contributed by atoms with Crippen LogP contribution >= 0.6 is 0 Å². The van der Waals surface area contributed by atoms with Gasteiger partial charge in [0.1, 0.15) is 0 Å². The standard InChI is InChI=1S/C15H30N4O/c1-17(2)13-14-3-8-18(9-4-14)10-5-15(20)19-11-6-16-7-12-19/h14,16H,3-13H2,1-2H3. The number of carbonyl (C=O) groups is 1. The molecule has 1 N–H and O–H groups in total. The molecule has 5 nitrogen and oxygen atoms in total. The zero-order chi connectivity index (χ0) is 14.4. The molecule has 0 unspecified atom stereocenters. The molecule has 0 aliphatic carbocycles. The molecule has 0 saturated carbocycles. The van der Waals surface area contributed by atoms with Crippen LogP contribution in [0.2, 0.25) is 0 Å². The monoisotopic (exact) mass is 282 g/mol. The van der Waals surface area contributed by atoms with Gasteiger partial charge in [-0.1, -0.05) is 0 Å². The van der Waals surface area contributed by atoms with Crippen LogP contribution in [0.4, 0.5) is 0 Å². The van der Waals surface area contributed by atoms with Gasteiger partial charge in [0.25, 0.3) is 0 Å². The van der Waals surface area contributed by atoms with Crippen molar-refractivity contribution in [1.82, 2.24) is 20.0 Å². The molecular formula is C15H30N4O. The number of piperazine rings is 1. The summed E-state index contributed by atoms with van der Waals surface area (Å²) in [6.45, 7) is 8.11. The molecule has 0 aromatic rings. The number of nitrogens with one attached hydrogen (secondary N) is 1. The van der Waals surface area contributed by atoms with Gasteiger partial charge < -0.3 is 20.0 Å². The molecule has 2 rings (SSSR count). The number of hydrogen-bond acceptors (Lipinski definition) is 4. The number of rotatable bonds is 5. The summed E-state index contributed by atoms with van der Waals surface area (Å²) in [5.41, 5.74) is 0. The van der Waals surface area contributed by atoms with Gasteiger partial charge in [0.05, 0.1) is 0 Å². The molecule has 0 aromatic carbocycles. The zero-order valence-corrected chi connectivity index (χ0v) is 13.1. The van der Waals surface area contributed by atoms with Gasteiger partial charge in [-0.15, -0.1) is 0 Å². The van der Waals surface area contributed by atoms with Gasteiger partial charge in [-0.25, -0.2) is 0 Å². The highest BCUT2D eigenvalue weighted by Crippen LogP contribution is 2.17. The van der Waals surface area contributed by atoms with Crippen LogP contribution in [0.15, 0.2) is 0 Å². The summed E-state index contributed by atoms with van der Waals surface area (Å²) < 4.78 is 0. The predicted molar refractivity (Wildman–Crippen MR) is 81.8 cm³/mol. The first-order valence-electron chi connectivity index (χ1n) is 8.00. The van der Waals surface area contributed by atoms with Crippen LogP contribution in [-0.4, -0.2) is 87.1 Å². The van der Waals surface area contributed by atoms with Crippen molar-refractivity contribution in [3.05, 3.63) is 0 Å². The molecule has 5 heteroatoms. The molecule has 2 heterocycles. The lowest BCUT2D eigenvalue weighted by molar-refractivity contribution is -0.132. The molecule has 0 spiro atoms. The summed E-state index contributed by atoms with van der Waals surface area (Å²) in [7, 11) is 4.30. The SMILES string of the molecule is CN(C)CC1CCN(CCC(=O)N2CCNCC2)CC1. The minimum atomic E-state index is 0.335. The van der Waals surface area contributed by atoms with Gasteiger partial charge in [0.15, 0.2) is 0 Å². The summed E-state index contributed by atoms with van der Waals surface area (Å²) in [5, 5.41) is 3.29. The van der Waals surface area contributed by atoms with Crippen molar-refractivity contribution in [2.45, 2.75) is 19.3 Å². The minimum absolute atomic E-state index is 0.335. The first-order valence-corrected chi connectivity index (χ1v) is 8.00. The lowest BCUT2D eigenvalue weighted by Crippen LogP contribution is -2.47. The molecular weight excluding hydrogens is 252 g/mol. The summed E-state index contributed by atoms with van der Waals surface area (Å²) >= 11 is 0. The molecule has 116 valence electrons. The Balaban J connectivity index is 1.61. The van der Waals surface area contributed by atoms with Crippen LogP contribution in [0.25, 0.3) is 0 Å². The van der Waals surface area contributed by atoms with Gasteiger partial charge in [0.2, 0.25) is 5.91 Å². The quantitative estimate of drug-likeness (QED) is 0.775. The van der Waals surface area contributed by atoms with Crippen molar-refractivity contribution in [3.8, 4) is 0 Å². The van der Waals surface area contributed by atoms with Gasteiger partial charge in [-0.3, -0.25) is 4.79 Å². The fraction of sp³-hybridized carbons (Fsp3) is 0.933. The molecule has 1 amide bonds. The van der Waals surface area contributed by atoms with Crippen molar-refractivity contribution < 1.29 is 4.79 Å². The first-order chi connectivity index (χ1) is 9.65. The van der Waals surface area contributed by atoms with E-state index in [2.05, 4.69) is 29.2 Å². The largest absolute Gasteiger partial charge is 0.340 e. The third-order valence-electron chi connectivity index (χ3n) is 4.44. The second kappa shape index (κ2) is 7.96. The van der Waals surface area contributed by atoms with Crippen LogP contribution in [0, 0.1) is 5.92 Å². The zero-order valence-electron chi connectivity index (χ0n) is 13.1. The Morgan fingerprint density at radius 3 is 2.40 bits per heavy atom. The topological polar surface area (TPSA) is 38.8 Å². The minimum Gasteiger partial charge on any atom is -0.340 e. The number of nitrogens with zero attached hydrogens (tertiary/aromatic N) is 3. The molecule has 0 bridgehead atoms. The van der Waals surface area contributed by atoms with E-state index in [1.807, 2.05) is 4.90 Å². The second-order valence-electron chi connectivity index (χ2n) is 6.43. The summed E-state index contributed by atoms with van der Waals surface area (Å²) in [6, 6.07) is 0. The molecule has 0 aromatic heterocycles. The van der Waals surface area contributed by atoms with E-state index in [9.17, 15) is 4.79 Å². The van der Waals surface area contributed by atoms with Gasteiger partial charge in [-0.2, -0.15) is 0 Å². The van der Waals surface area contributed by atoms with Crippen LogP contribution in [0.1, 0.15) is 19.3 Å². The highest BCUT2D eigenvalue weighted by molar-refractivity contribution is 5.76. The highest BCUT2D eigenvalue weighted by atomic mass is 16.2. The van der Waals surface area contributed by atoms with E-state index in [-0.39, 0.29) is 0 Å². The van der Waals surface area contributed by atoms with E-state index in [0.717, 1.165) is 51.7 Å². The Kier molecular flexibility index (Phi) is 6.26. The number of carbonyl (C=O) groups excluding carboxylic acids is 1. The molecule has 2 aliphatic rings. The summed E-state index contributed by atoms with van der Waals surface area (Å²) in [6.07, 6.45) is 3.25. The maximum Gasteiger partial charge on any atom is 0.223 e. The number of amides is 1. The van der Waals surface area contributed by atoms with E-state index in [0.29, 0.717) is 12.3 Å². The molecule has 20 heavy (non-hydrogen) atoms. The molecule has 2 aliphatic heterocycles. The second-order valence-corrected chi connectivity index (χ2v) is 6.43. The van der Waals surface area contributed by atoms with Crippen LogP contribution in [-0.2, 0) is 4.79 Å². The molecule has 0 radical (unpaired) electrons. The first kappa shape index (κ1) is 15.7. The van der Waals surface area contributed by atoms with Crippen molar-refractivity contribution in [2.75, 3.05) is 66.5 Å². The summed E-state index contributed by atoms with van der Waals surface area (Å²) in [5.74, 6) is 1.17. The highest BCUT2D eigenvalue weighted by Gasteiger charge is 2.21. The molecule has 0 atom stereocenters. The van der Waals surface area contributed by atoms with Crippen molar-refractivity contribution in [3.63, 3.8) is 0 Å². The maximum absolute atomic E-state index is 12.1. The lowest BCUT2D eigenvalue weighted by atomic mass is 9.96. The Morgan fingerprint density at radius 2 is 1.80 bits per heavy atom. The van der Waals surface area contributed by atoms with E-state index in [4.69, 9.17) is 0 Å². The number of likely N-dealkylation sites (tertiary alicyclic amines) is 1. The third kappa shape index (κ3) is 5.04. The van der Waals surface area contributed by atoms with E-state index < -0.39 is 0 Å². The van der Waals surface area contributed by atoms with Crippen molar-refractivity contribution in [1.29, 1.82) is 0 Å². The Morgan fingerprint density at radius 1 is 1.15 bits per heavy atom. The lowest BCUT2D eigenvalue weighted by Gasteiger charge is -2.34. The van der Waals surface area contributed by atoms with E-state index in [1.54, 1.807) is 0 Å². The fourth-order valence-corrected chi connectivity index (χ4v) is 3.24. The van der Waals surface area contributed by atoms with Gasteiger partial charge in [-0.05, 0) is 45.9 Å². The van der Waals surface area contributed by atoms with E-state index >= 15 is 0 Å². The summed E-state index contributed by atoms with van der Waals surface area (Å²) in [4.78, 5) is 18.9. The van der Waals surface area contributed by atoms with Crippen LogP contribution in [0.3, 0.4) is 0 Å². The number of hydrogen-bond donors (Lipinski definition) is 1. The Labute approximate surface area is 123 Å². The Bertz CT molecular complexity index is 294.